The second-order valence-corrected chi connectivity index (χ2v) is 10.5. The van der Waals surface area contributed by atoms with Gasteiger partial charge in [-0.15, -0.1) is 0 Å². The average molecular weight is 606 g/mol. The SMILES string of the molecule is CN(C(=O)CCc1ccc(F)cc1)[C@H]([C]=O)CCC(NC(=N)N)C(=O)[C@H](CO)NC(=O)[C@@H](N)Cc1cccc2ccccc12. The number of hydrogen-bond acceptors (Lipinski definition) is 7. The molecule has 0 saturated carbocycles. The molecule has 44 heavy (non-hydrogen) atoms. The highest BCUT2D eigenvalue weighted by Crippen LogP contribution is 2.20. The molecule has 4 atom stereocenters. The van der Waals surface area contributed by atoms with Gasteiger partial charge < -0.3 is 32.1 Å². The van der Waals surface area contributed by atoms with Crippen molar-refractivity contribution in [3.63, 3.8) is 0 Å². The zero-order valence-corrected chi connectivity index (χ0v) is 24.5. The quantitative estimate of drug-likeness (QED) is 0.103. The third-order valence-corrected chi connectivity index (χ3v) is 7.44. The zero-order valence-electron chi connectivity index (χ0n) is 24.5. The molecule has 3 rings (SSSR count). The molecule has 0 fully saturated rings. The summed E-state index contributed by atoms with van der Waals surface area (Å²) in [5.41, 5.74) is 13.3. The number of aliphatic hydroxyl groups excluding tert-OH is 1. The molecular weight excluding hydrogens is 567 g/mol. The molecule has 0 aliphatic heterocycles. The van der Waals surface area contributed by atoms with Crippen molar-refractivity contribution < 1.29 is 28.7 Å². The van der Waals surface area contributed by atoms with E-state index in [1.807, 2.05) is 48.8 Å². The number of aryl methyl sites for hydroxylation is 1. The summed E-state index contributed by atoms with van der Waals surface area (Å²) in [6, 6.07) is 14.5. The van der Waals surface area contributed by atoms with E-state index in [-0.39, 0.29) is 37.4 Å². The highest BCUT2D eigenvalue weighted by Gasteiger charge is 2.31. The second kappa shape index (κ2) is 16.2. The number of nitrogens with two attached hydrogens (primary N) is 2. The van der Waals surface area contributed by atoms with Gasteiger partial charge in [0.2, 0.25) is 18.1 Å². The van der Waals surface area contributed by atoms with Crippen LogP contribution in [0.4, 0.5) is 4.39 Å². The third-order valence-electron chi connectivity index (χ3n) is 7.44. The molecule has 1 radical (unpaired) electrons. The molecule has 233 valence electrons. The van der Waals surface area contributed by atoms with Crippen molar-refractivity contribution in [2.75, 3.05) is 13.7 Å². The number of carbonyl (C=O) groups is 3. The minimum absolute atomic E-state index is 0.0222. The summed E-state index contributed by atoms with van der Waals surface area (Å²) in [6.45, 7) is -0.743. The van der Waals surface area contributed by atoms with Crippen LogP contribution in [0.2, 0.25) is 0 Å². The predicted molar refractivity (Wildman–Crippen MR) is 165 cm³/mol. The normalized spacial score (nSPS) is 13.7. The Hall–Kier alpha value is -4.68. The van der Waals surface area contributed by atoms with Crippen LogP contribution in [0.15, 0.2) is 66.7 Å². The molecule has 0 aliphatic carbocycles. The van der Waals surface area contributed by atoms with Gasteiger partial charge in [0.25, 0.3) is 0 Å². The summed E-state index contributed by atoms with van der Waals surface area (Å²) in [5.74, 6) is -2.61. The van der Waals surface area contributed by atoms with Crippen molar-refractivity contribution in [3.05, 3.63) is 83.7 Å². The van der Waals surface area contributed by atoms with Gasteiger partial charge in [0.15, 0.2) is 11.7 Å². The van der Waals surface area contributed by atoms with Crippen LogP contribution < -0.4 is 22.1 Å². The van der Waals surface area contributed by atoms with E-state index in [9.17, 15) is 28.7 Å². The van der Waals surface area contributed by atoms with Crippen LogP contribution in [0.3, 0.4) is 0 Å². The Labute approximate surface area is 255 Å². The Morgan fingerprint density at radius 1 is 1.00 bits per heavy atom. The summed E-state index contributed by atoms with van der Waals surface area (Å²) < 4.78 is 13.1. The van der Waals surface area contributed by atoms with E-state index in [0.717, 1.165) is 21.9 Å². The van der Waals surface area contributed by atoms with Gasteiger partial charge in [-0.2, -0.15) is 0 Å². The van der Waals surface area contributed by atoms with Crippen LogP contribution in [0.1, 0.15) is 30.4 Å². The van der Waals surface area contributed by atoms with Crippen molar-refractivity contribution >= 4 is 40.6 Å². The number of ketones is 1. The van der Waals surface area contributed by atoms with E-state index < -0.39 is 48.4 Å². The lowest BCUT2D eigenvalue weighted by Crippen LogP contribution is -2.56. The van der Waals surface area contributed by atoms with E-state index in [2.05, 4.69) is 10.6 Å². The number of guanidine groups is 1. The molecule has 12 heteroatoms. The number of amides is 2. The monoisotopic (exact) mass is 605 g/mol. The number of aliphatic hydroxyl groups is 1. The number of nitrogens with zero attached hydrogens (tertiary/aromatic N) is 1. The van der Waals surface area contributed by atoms with Gasteiger partial charge in [0, 0.05) is 13.5 Å². The maximum Gasteiger partial charge on any atom is 0.237 e. The van der Waals surface area contributed by atoms with Crippen molar-refractivity contribution in [1.82, 2.24) is 15.5 Å². The fraction of sp³-hybridized carbons (Fsp3) is 0.344. The van der Waals surface area contributed by atoms with E-state index in [1.165, 1.54) is 24.1 Å². The van der Waals surface area contributed by atoms with E-state index in [1.54, 1.807) is 12.1 Å². The fourth-order valence-corrected chi connectivity index (χ4v) is 4.91. The van der Waals surface area contributed by atoms with Crippen LogP contribution in [0, 0.1) is 11.2 Å². The smallest absolute Gasteiger partial charge is 0.237 e. The Morgan fingerprint density at radius 2 is 1.68 bits per heavy atom. The molecular formula is C32H38FN6O5. The molecule has 1 unspecified atom stereocenters. The lowest BCUT2D eigenvalue weighted by Gasteiger charge is -2.27. The van der Waals surface area contributed by atoms with Gasteiger partial charge in [-0.1, -0.05) is 54.6 Å². The molecule has 3 aromatic rings. The number of rotatable bonds is 16. The molecule has 0 bridgehead atoms. The van der Waals surface area contributed by atoms with Crippen LogP contribution in [0.5, 0.6) is 0 Å². The second-order valence-electron chi connectivity index (χ2n) is 10.5. The van der Waals surface area contributed by atoms with Crippen molar-refractivity contribution in [2.24, 2.45) is 11.5 Å². The van der Waals surface area contributed by atoms with Crippen LogP contribution in [-0.4, -0.2) is 77.7 Å². The van der Waals surface area contributed by atoms with Crippen molar-refractivity contribution in [2.45, 2.75) is 56.3 Å². The summed E-state index contributed by atoms with van der Waals surface area (Å²) in [6.07, 6.45) is 2.30. The van der Waals surface area contributed by atoms with E-state index in [4.69, 9.17) is 16.9 Å². The van der Waals surface area contributed by atoms with Crippen LogP contribution in [0.25, 0.3) is 10.8 Å². The van der Waals surface area contributed by atoms with E-state index in [0.29, 0.717) is 6.42 Å². The maximum atomic E-state index is 13.4. The molecule has 3 aromatic carbocycles. The zero-order chi connectivity index (χ0) is 32.2. The predicted octanol–water partition coefficient (Wildman–Crippen LogP) is 1.10. The Balaban J connectivity index is 1.61. The van der Waals surface area contributed by atoms with Gasteiger partial charge in [0.1, 0.15) is 11.9 Å². The molecule has 0 heterocycles. The largest absolute Gasteiger partial charge is 0.394 e. The lowest BCUT2D eigenvalue weighted by atomic mass is 9.96. The maximum absolute atomic E-state index is 13.4. The number of fused-ring (bicyclic) bond motifs is 1. The average Bonchev–Trinajstić information content (AvgIpc) is 3.02. The Morgan fingerprint density at radius 3 is 2.34 bits per heavy atom. The first-order chi connectivity index (χ1) is 21.0. The Kier molecular flexibility index (Phi) is 12.5. The minimum atomic E-state index is -1.37. The van der Waals surface area contributed by atoms with Gasteiger partial charge >= 0.3 is 0 Å². The molecule has 2 amide bonds. The number of carbonyl (C=O) groups excluding carboxylic acids is 4. The Bertz CT molecular complexity index is 1460. The summed E-state index contributed by atoms with van der Waals surface area (Å²) in [7, 11) is 1.44. The van der Waals surface area contributed by atoms with Gasteiger partial charge in [-0.3, -0.25) is 24.6 Å². The highest BCUT2D eigenvalue weighted by molar-refractivity contribution is 5.96. The first kappa shape index (κ1) is 33.8. The van der Waals surface area contributed by atoms with E-state index >= 15 is 0 Å². The number of halogens is 1. The first-order valence-electron chi connectivity index (χ1n) is 14.2. The third kappa shape index (κ3) is 9.41. The van der Waals surface area contributed by atoms with Crippen molar-refractivity contribution in [1.29, 1.82) is 5.41 Å². The van der Waals surface area contributed by atoms with Gasteiger partial charge in [-0.05, 0) is 59.7 Å². The molecule has 0 saturated heterocycles. The topological polar surface area (TPSA) is 192 Å². The number of benzene rings is 3. The standard InChI is InChI=1S/C32H38FN6O5/c1-39(29(42)16-11-20-9-12-23(33)13-10-20)24(18-40)14-15-27(38-32(35)36)30(43)28(19-41)37-31(44)26(34)17-22-7-4-6-21-5-2-3-8-25(21)22/h2-10,12-13,24,26-28,41H,11,14-17,19,34H2,1H3,(H,37,44)(H4,35,36,38)/t24-,26-,27?,28-/m0/s1. The minimum Gasteiger partial charge on any atom is -0.394 e. The number of Topliss-reactive ketones (excluding diaryl/α,β-unsaturated/α-hetero) is 1. The highest BCUT2D eigenvalue weighted by atomic mass is 19.1. The number of nitrogens with one attached hydrogen (secondary N) is 3. The van der Waals surface area contributed by atoms with Gasteiger partial charge in [0.05, 0.1) is 24.7 Å². The summed E-state index contributed by atoms with van der Waals surface area (Å²) in [4.78, 5) is 52.0. The van der Waals surface area contributed by atoms with Crippen molar-refractivity contribution in [3.8, 4) is 0 Å². The summed E-state index contributed by atoms with van der Waals surface area (Å²) >= 11 is 0. The first-order valence-corrected chi connectivity index (χ1v) is 14.2. The van der Waals surface area contributed by atoms with Crippen LogP contribution >= 0.6 is 0 Å². The molecule has 8 N–H and O–H groups in total. The molecule has 11 nitrogen and oxygen atoms in total. The summed E-state index contributed by atoms with van der Waals surface area (Å²) in [5, 5.41) is 24.5. The molecule has 0 spiro atoms. The van der Waals surface area contributed by atoms with Crippen LogP contribution in [-0.2, 0) is 32.0 Å². The number of likely N-dealkylation sites (N-methyl/N-ethyl adjacent to an activating group) is 1. The molecule has 0 aromatic heterocycles. The lowest BCUT2D eigenvalue weighted by molar-refractivity contribution is -0.131. The fourth-order valence-electron chi connectivity index (χ4n) is 4.91. The number of hydrogen-bond donors (Lipinski definition) is 6. The van der Waals surface area contributed by atoms with Gasteiger partial charge in [-0.25, -0.2) is 4.39 Å². The molecule has 0 aliphatic rings.